The zero-order valence-corrected chi connectivity index (χ0v) is 10.4. The third-order valence-corrected chi connectivity index (χ3v) is 2.62. The van der Waals surface area contributed by atoms with Gasteiger partial charge in [0.2, 0.25) is 0 Å². The highest BCUT2D eigenvalue weighted by Gasteiger charge is 2.06. The summed E-state index contributed by atoms with van der Waals surface area (Å²) in [6.07, 6.45) is 0. The summed E-state index contributed by atoms with van der Waals surface area (Å²) in [5, 5.41) is 3.91. The summed E-state index contributed by atoms with van der Waals surface area (Å²) in [5.41, 5.74) is 3.70. The van der Waals surface area contributed by atoms with Crippen molar-refractivity contribution < 1.29 is 9.18 Å². The molecule has 19 heavy (non-hydrogen) atoms. The fourth-order valence-electron chi connectivity index (χ4n) is 1.60. The molecule has 0 aromatic heterocycles. The predicted octanol–water partition coefficient (Wildman–Crippen LogP) is 2.98. The van der Waals surface area contributed by atoms with Crippen molar-refractivity contribution in [3.05, 3.63) is 71.5 Å². The molecule has 0 unspecified atom stereocenters. The number of amides is 1. The number of nitrogens with zero attached hydrogens (tertiary/aromatic N) is 1. The van der Waals surface area contributed by atoms with Crippen molar-refractivity contribution in [2.45, 2.75) is 6.92 Å². The highest BCUT2D eigenvalue weighted by Crippen LogP contribution is 2.07. The molecule has 0 saturated carbocycles. The topological polar surface area (TPSA) is 41.5 Å². The summed E-state index contributed by atoms with van der Waals surface area (Å²) in [6.45, 7) is 1.64. The van der Waals surface area contributed by atoms with Crippen LogP contribution in [0.15, 0.2) is 59.7 Å². The van der Waals surface area contributed by atoms with Gasteiger partial charge in [0.05, 0.1) is 5.71 Å². The first kappa shape index (κ1) is 13.0. The Morgan fingerprint density at radius 1 is 1.05 bits per heavy atom. The van der Waals surface area contributed by atoms with Crippen LogP contribution in [0, 0.1) is 5.82 Å². The van der Waals surface area contributed by atoms with Crippen LogP contribution >= 0.6 is 0 Å². The van der Waals surface area contributed by atoms with E-state index in [1.807, 2.05) is 6.07 Å². The molecule has 0 fully saturated rings. The van der Waals surface area contributed by atoms with E-state index in [9.17, 15) is 9.18 Å². The molecule has 96 valence electrons. The van der Waals surface area contributed by atoms with E-state index in [4.69, 9.17) is 0 Å². The third-order valence-electron chi connectivity index (χ3n) is 2.62. The van der Waals surface area contributed by atoms with Gasteiger partial charge in [0.1, 0.15) is 5.82 Å². The maximum absolute atomic E-state index is 13.5. The molecule has 1 N–H and O–H groups in total. The second-order valence-corrected chi connectivity index (χ2v) is 3.98. The SMILES string of the molecule is C/C(=N\NC(=O)c1ccccc1)c1ccccc1F. The maximum atomic E-state index is 13.5. The number of hydrogen-bond acceptors (Lipinski definition) is 2. The summed E-state index contributed by atoms with van der Waals surface area (Å²) in [6, 6.07) is 15.0. The van der Waals surface area contributed by atoms with Gasteiger partial charge < -0.3 is 0 Å². The Balaban J connectivity index is 2.11. The standard InChI is InChI=1S/C15H13FN2O/c1-11(13-9-5-6-10-14(13)16)17-18-15(19)12-7-3-2-4-8-12/h2-10H,1H3,(H,18,19)/b17-11+. The highest BCUT2D eigenvalue weighted by atomic mass is 19.1. The molecule has 0 bridgehead atoms. The van der Waals surface area contributed by atoms with Crippen LogP contribution in [0.25, 0.3) is 0 Å². The monoisotopic (exact) mass is 256 g/mol. The van der Waals surface area contributed by atoms with E-state index in [1.54, 1.807) is 49.4 Å². The molecule has 0 atom stereocenters. The number of rotatable bonds is 3. The van der Waals surface area contributed by atoms with E-state index < -0.39 is 0 Å². The molecule has 0 aliphatic carbocycles. The second-order valence-electron chi connectivity index (χ2n) is 3.98. The Morgan fingerprint density at radius 3 is 2.37 bits per heavy atom. The fourth-order valence-corrected chi connectivity index (χ4v) is 1.60. The van der Waals surface area contributed by atoms with Crippen LogP contribution < -0.4 is 5.43 Å². The van der Waals surface area contributed by atoms with Gasteiger partial charge in [0.25, 0.3) is 5.91 Å². The maximum Gasteiger partial charge on any atom is 0.271 e. The fraction of sp³-hybridized carbons (Fsp3) is 0.0667. The minimum Gasteiger partial charge on any atom is -0.267 e. The molecular formula is C15H13FN2O. The van der Waals surface area contributed by atoms with E-state index in [1.165, 1.54) is 6.07 Å². The van der Waals surface area contributed by atoms with Crippen molar-refractivity contribution in [3.8, 4) is 0 Å². The number of hydrazone groups is 1. The number of benzene rings is 2. The van der Waals surface area contributed by atoms with Crippen molar-refractivity contribution in [2.75, 3.05) is 0 Å². The van der Waals surface area contributed by atoms with Crippen molar-refractivity contribution in [1.29, 1.82) is 0 Å². The van der Waals surface area contributed by atoms with Gasteiger partial charge in [-0.1, -0.05) is 36.4 Å². The zero-order chi connectivity index (χ0) is 13.7. The van der Waals surface area contributed by atoms with Crippen LogP contribution in [-0.2, 0) is 0 Å². The molecule has 0 heterocycles. The van der Waals surface area contributed by atoms with Crippen molar-refractivity contribution in [2.24, 2.45) is 5.10 Å². The predicted molar refractivity (Wildman–Crippen MR) is 72.5 cm³/mol. The molecule has 2 aromatic carbocycles. The van der Waals surface area contributed by atoms with Gasteiger partial charge in [-0.25, -0.2) is 9.82 Å². The first-order valence-electron chi connectivity index (χ1n) is 5.83. The van der Waals surface area contributed by atoms with Gasteiger partial charge in [0, 0.05) is 11.1 Å². The van der Waals surface area contributed by atoms with E-state index in [2.05, 4.69) is 10.5 Å². The van der Waals surface area contributed by atoms with Crippen LogP contribution in [0.3, 0.4) is 0 Å². The lowest BCUT2D eigenvalue weighted by Crippen LogP contribution is -2.19. The molecule has 0 aliphatic rings. The number of carbonyl (C=O) groups is 1. The Labute approximate surface area is 110 Å². The normalized spacial score (nSPS) is 11.2. The first-order chi connectivity index (χ1) is 9.18. The van der Waals surface area contributed by atoms with Gasteiger partial charge in [-0.05, 0) is 25.1 Å². The summed E-state index contributed by atoms with van der Waals surface area (Å²) in [7, 11) is 0. The Morgan fingerprint density at radius 2 is 1.68 bits per heavy atom. The molecule has 4 heteroatoms. The Bertz CT molecular complexity index is 609. The van der Waals surface area contributed by atoms with Crippen molar-refractivity contribution in [1.82, 2.24) is 5.43 Å². The molecule has 1 amide bonds. The molecule has 0 spiro atoms. The van der Waals surface area contributed by atoms with Crippen LogP contribution in [0.2, 0.25) is 0 Å². The largest absolute Gasteiger partial charge is 0.271 e. The van der Waals surface area contributed by atoms with Crippen LogP contribution in [0.5, 0.6) is 0 Å². The minimum atomic E-state index is -0.363. The molecule has 2 aromatic rings. The van der Waals surface area contributed by atoms with Crippen LogP contribution in [-0.4, -0.2) is 11.6 Å². The lowest BCUT2D eigenvalue weighted by Gasteiger charge is -2.03. The molecule has 0 radical (unpaired) electrons. The molecule has 0 saturated heterocycles. The highest BCUT2D eigenvalue weighted by molar-refractivity contribution is 6.00. The smallest absolute Gasteiger partial charge is 0.267 e. The Kier molecular flexibility index (Phi) is 4.03. The van der Waals surface area contributed by atoms with Crippen molar-refractivity contribution >= 4 is 11.6 Å². The number of hydrogen-bond donors (Lipinski definition) is 1. The lowest BCUT2D eigenvalue weighted by molar-refractivity contribution is 0.0955. The lowest BCUT2D eigenvalue weighted by atomic mass is 10.1. The summed E-state index contributed by atoms with van der Waals surface area (Å²) in [4.78, 5) is 11.8. The van der Waals surface area contributed by atoms with E-state index in [0.717, 1.165) is 0 Å². The average Bonchev–Trinajstić information content (AvgIpc) is 2.46. The van der Waals surface area contributed by atoms with Gasteiger partial charge >= 0.3 is 0 Å². The molecule has 2 rings (SSSR count). The minimum absolute atomic E-state index is 0.323. The number of carbonyl (C=O) groups excluding carboxylic acids is 1. The van der Waals surface area contributed by atoms with Gasteiger partial charge in [0.15, 0.2) is 0 Å². The average molecular weight is 256 g/mol. The number of halogens is 1. The Hall–Kier alpha value is -2.49. The van der Waals surface area contributed by atoms with Gasteiger partial charge in [-0.2, -0.15) is 5.10 Å². The summed E-state index contributed by atoms with van der Waals surface area (Å²) < 4.78 is 13.5. The first-order valence-corrected chi connectivity index (χ1v) is 5.83. The summed E-state index contributed by atoms with van der Waals surface area (Å²) in [5.74, 6) is -0.686. The van der Waals surface area contributed by atoms with E-state index in [0.29, 0.717) is 16.8 Å². The van der Waals surface area contributed by atoms with E-state index in [-0.39, 0.29) is 11.7 Å². The zero-order valence-electron chi connectivity index (χ0n) is 10.4. The van der Waals surface area contributed by atoms with Gasteiger partial charge in [-0.15, -0.1) is 0 Å². The second kappa shape index (κ2) is 5.91. The molecule has 3 nitrogen and oxygen atoms in total. The van der Waals surface area contributed by atoms with Crippen LogP contribution in [0.4, 0.5) is 4.39 Å². The van der Waals surface area contributed by atoms with Gasteiger partial charge in [-0.3, -0.25) is 4.79 Å². The van der Waals surface area contributed by atoms with Crippen molar-refractivity contribution in [3.63, 3.8) is 0 Å². The quantitative estimate of drug-likeness (QED) is 0.665. The third kappa shape index (κ3) is 3.25. The van der Waals surface area contributed by atoms with E-state index >= 15 is 0 Å². The molecular weight excluding hydrogens is 243 g/mol. The molecule has 0 aliphatic heterocycles. The van der Waals surface area contributed by atoms with Crippen LogP contribution in [0.1, 0.15) is 22.8 Å². The summed E-state index contributed by atoms with van der Waals surface area (Å²) >= 11 is 0. The number of nitrogens with one attached hydrogen (secondary N) is 1.